The zero-order chi connectivity index (χ0) is 18.6. The molecular weight excluding hydrogens is 390 g/mol. The Kier molecular flexibility index (Phi) is 5.76. The summed E-state index contributed by atoms with van der Waals surface area (Å²) in [5.74, 6) is -0.341. The smallest absolute Gasteiger partial charge is 0.251 e. The monoisotopic (exact) mass is 405 g/mol. The lowest BCUT2D eigenvalue weighted by Gasteiger charge is -2.17. The number of amides is 1. The summed E-state index contributed by atoms with van der Waals surface area (Å²) >= 11 is 7.18. The summed E-state index contributed by atoms with van der Waals surface area (Å²) in [6.45, 7) is -0.0147. The van der Waals surface area contributed by atoms with Crippen molar-refractivity contribution in [1.29, 1.82) is 0 Å². The predicted molar refractivity (Wildman–Crippen MR) is 104 cm³/mol. The van der Waals surface area contributed by atoms with Crippen LogP contribution in [-0.2, 0) is 9.84 Å². The molecule has 26 heavy (non-hydrogen) atoms. The van der Waals surface area contributed by atoms with Gasteiger partial charge >= 0.3 is 0 Å². The van der Waals surface area contributed by atoms with Crippen LogP contribution in [0.25, 0.3) is 0 Å². The summed E-state index contributed by atoms with van der Waals surface area (Å²) in [5, 5.41) is 4.24. The van der Waals surface area contributed by atoms with Crippen LogP contribution in [0.4, 0.5) is 0 Å². The molecular formula is C19H16ClNO3S2. The Bertz CT molecular complexity index is 969. The fraction of sp³-hybridized carbons (Fsp3) is 0.105. The first-order chi connectivity index (χ1) is 12.5. The lowest BCUT2D eigenvalue weighted by Crippen LogP contribution is -2.31. The highest BCUT2D eigenvalue weighted by molar-refractivity contribution is 7.91. The molecule has 0 saturated heterocycles. The van der Waals surface area contributed by atoms with Gasteiger partial charge < -0.3 is 5.32 Å². The van der Waals surface area contributed by atoms with E-state index in [1.54, 1.807) is 66.7 Å². The van der Waals surface area contributed by atoms with Crippen LogP contribution >= 0.6 is 22.9 Å². The topological polar surface area (TPSA) is 63.2 Å². The van der Waals surface area contributed by atoms with E-state index in [-0.39, 0.29) is 17.3 Å². The lowest BCUT2D eigenvalue weighted by molar-refractivity contribution is 0.0954. The molecule has 1 amide bonds. The van der Waals surface area contributed by atoms with Gasteiger partial charge in [-0.1, -0.05) is 35.9 Å². The van der Waals surface area contributed by atoms with Crippen LogP contribution in [0.1, 0.15) is 20.5 Å². The molecule has 0 bridgehead atoms. The maximum Gasteiger partial charge on any atom is 0.251 e. The summed E-state index contributed by atoms with van der Waals surface area (Å²) < 4.78 is 26.1. The molecule has 0 saturated carbocycles. The number of hydrogen-bond acceptors (Lipinski definition) is 4. The van der Waals surface area contributed by atoms with Crippen molar-refractivity contribution in [1.82, 2.24) is 5.32 Å². The molecule has 0 aliphatic rings. The maximum atomic E-state index is 13.1. The van der Waals surface area contributed by atoms with Gasteiger partial charge in [0.1, 0.15) is 5.25 Å². The average molecular weight is 406 g/mol. The summed E-state index contributed by atoms with van der Waals surface area (Å²) in [6.07, 6.45) is 0. The van der Waals surface area contributed by atoms with Gasteiger partial charge in [0.25, 0.3) is 5.91 Å². The van der Waals surface area contributed by atoms with Crippen LogP contribution in [0, 0.1) is 0 Å². The van der Waals surface area contributed by atoms with Crippen LogP contribution in [0.2, 0.25) is 5.02 Å². The van der Waals surface area contributed by atoms with Crippen LogP contribution in [-0.4, -0.2) is 20.9 Å². The van der Waals surface area contributed by atoms with Gasteiger partial charge in [-0.15, -0.1) is 11.3 Å². The van der Waals surface area contributed by atoms with Gasteiger partial charge in [-0.2, -0.15) is 0 Å². The van der Waals surface area contributed by atoms with Crippen LogP contribution in [0.15, 0.2) is 77.0 Å². The second kappa shape index (κ2) is 8.03. The van der Waals surface area contributed by atoms with E-state index in [0.717, 1.165) is 0 Å². The third-order valence-electron chi connectivity index (χ3n) is 3.86. The van der Waals surface area contributed by atoms with E-state index in [1.165, 1.54) is 11.3 Å². The van der Waals surface area contributed by atoms with Crippen molar-refractivity contribution in [2.45, 2.75) is 10.1 Å². The molecule has 134 valence electrons. The Morgan fingerprint density at radius 3 is 2.31 bits per heavy atom. The zero-order valence-corrected chi connectivity index (χ0v) is 16.0. The Balaban J connectivity index is 1.84. The first kappa shape index (κ1) is 18.6. The van der Waals surface area contributed by atoms with E-state index < -0.39 is 15.1 Å². The van der Waals surface area contributed by atoms with E-state index in [2.05, 4.69) is 5.32 Å². The van der Waals surface area contributed by atoms with Crippen molar-refractivity contribution in [2.75, 3.05) is 6.54 Å². The minimum atomic E-state index is -3.63. The van der Waals surface area contributed by atoms with Gasteiger partial charge in [-0.25, -0.2) is 8.42 Å². The van der Waals surface area contributed by atoms with Crippen LogP contribution in [0.3, 0.4) is 0 Å². The van der Waals surface area contributed by atoms with E-state index >= 15 is 0 Å². The molecule has 0 radical (unpaired) electrons. The highest BCUT2D eigenvalue weighted by Crippen LogP contribution is 2.31. The zero-order valence-electron chi connectivity index (χ0n) is 13.6. The summed E-state index contributed by atoms with van der Waals surface area (Å²) in [5.41, 5.74) is 0.427. The molecule has 1 aromatic heterocycles. The lowest BCUT2D eigenvalue weighted by atomic mass is 10.2. The fourth-order valence-electron chi connectivity index (χ4n) is 2.50. The summed E-state index contributed by atoms with van der Waals surface area (Å²) in [6, 6.07) is 18.3. The minimum absolute atomic E-state index is 0.0147. The maximum absolute atomic E-state index is 13.1. The van der Waals surface area contributed by atoms with Crippen molar-refractivity contribution < 1.29 is 13.2 Å². The van der Waals surface area contributed by atoms with Gasteiger partial charge in [0, 0.05) is 22.0 Å². The number of rotatable bonds is 6. The Morgan fingerprint density at radius 2 is 1.69 bits per heavy atom. The number of sulfone groups is 1. The molecule has 1 N–H and O–H groups in total. The van der Waals surface area contributed by atoms with Crippen molar-refractivity contribution in [3.8, 4) is 0 Å². The van der Waals surface area contributed by atoms with E-state index in [0.29, 0.717) is 15.5 Å². The SMILES string of the molecule is O=C(NC[C@@H](c1cccs1)S(=O)(=O)c1ccccc1)c1ccc(Cl)cc1. The first-order valence-corrected chi connectivity index (χ1v) is 10.6. The minimum Gasteiger partial charge on any atom is -0.350 e. The number of benzene rings is 2. The molecule has 3 aromatic rings. The number of hydrogen-bond donors (Lipinski definition) is 1. The molecule has 4 nitrogen and oxygen atoms in total. The summed E-state index contributed by atoms with van der Waals surface area (Å²) in [7, 11) is -3.63. The van der Waals surface area contributed by atoms with E-state index in [4.69, 9.17) is 11.6 Å². The average Bonchev–Trinajstić information content (AvgIpc) is 3.17. The molecule has 0 aliphatic heterocycles. The number of carbonyl (C=O) groups excluding carboxylic acids is 1. The number of carbonyl (C=O) groups is 1. The Hall–Kier alpha value is -2.15. The highest BCUT2D eigenvalue weighted by atomic mass is 35.5. The third-order valence-corrected chi connectivity index (χ3v) is 7.35. The van der Waals surface area contributed by atoms with Crippen molar-refractivity contribution >= 4 is 38.7 Å². The third kappa shape index (κ3) is 4.15. The van der Waals surface area contributed by atoms with Gasteiger partial charge in [-0.3, -0.25) is 4.79 Å². The second-order valence-electron chi connectivity index (χ2n) is 5.58. The number of halogens is 1. The molecule has 1 heterocycles. The highest BCUT2D eigenvalue weighted by Gasteiger charge is 2.30. The van der Waals surface area contributed by atoms with Crippen LogP contribution in [0.5, 0.6) is 0 Å². The molecule has 7 heteroatoms. The van der Waals surface area contributed by atoms with Crippen molar-refractivity contribution in [3.05, 3.63) is 87.6 Å². The quantitative estimate of drug-likeness (QED) is 0.663. The van der Waals surface area contributed by atoms with E-state index in [9.17, 15) is 13.2 Å². The molecule has 1 atom stereocenters. The largest absolute Gasteiger partial charge is 0.350 e. The number of nitrogens with one attached hydrogen (secondary N) is 1. The normalized spacial score (nSPS) is 12.5. The Labute approximate surface area is 161 Å². The Morgan fingerprint density at radius 1 is 1.00 bits per heavy atom. The van der Waals surface area contributed by atoms with Gasteiger partial charge in [0.15, 0.2) is 9.84 Å². The van der Waals surface area contributed by atoms with Crippen molar-refractivity contribution in [3.63, 3.8) is 0 Å². The standard InChI is InChI=1S/C19H16ClNO3S2/c20-15-10-8-14(9-11-15)19(22)21-13-18(17-7-4-12-25-17)26(23,24)16-5-2-1-3-6-16/h1-12,18H,13H2,(H,21,22)/t18-/m0/s1. The molecule has 0 aliphatic carbocycles. The van der Waals surface area contributed by atoms with Gasteiger partial charge in [0.2, 0.25) is 0 Å². The number of thiophene rings is 1. The van der Waals surface area contributed by atoms with Gasteiger partial charge in [-0.05, 0) is 47.8 Å². The van der Waals surface area contributed by atoms with Crippen LogP contribution < -0.4 is 5.32 Å². The van der Waals surface area contributed by atoms with Gasteiger partial charge in [0.05, 0.1) is 4.90 Å². The predicted octanol–water partition coefficient (Wildman–Crippen LogP) is 4.35. The first-order valence-electron chi connectivity index (χ1n) is 7.84. The molecule has 0 fully saturated rings. The second-order valence-corrected chi connectivity index (χ2v) is 9.13. The summed E-state index contributed by atoms with van der Waals surface area (Å²) in [4.78, 5) is 13.3. The fourth-order valence-corrected chi connectivity index (χ4v) is 5.43. The molecule has 2 aromatic carbocycles. The molecule has 0 unspecified atom stereocenters. The molecule has 3 rings (SSSR count). The van der Waals surface area contributed by atoms with Crippen molar-refractivity contribution in [2.24, 2.45) is 0 Å². The molecule has 0 spiro atoms. The van der Waals surface area contributed by atoms with E-state index in [1.807, 2.05) is 5.38 Å².